The van der Waals surface area contributed by atoms with Crippen molar-refractivity contribution in [3.63, 3.8) is 0 Å². The van der Waals surface area contributed by atoms with Crippen LogP contribution in [0.1, 0.15) is 13.3 Å². The van der Waals surface area contributed by atoms with Crippen molar-refractivity contribution in [2.45, 2.75) is 19.4 Å². The molecule has 0 aliphatic heterocycles. The molecule has 0 fully saturated rings. The van der Waals surface area contributed by atoms with E-state index < -0.39 is 23.1 Å². The zero-order valence-electron chi connectivity index (χ0n) is 7.10. The quantitative estimate of drug-likeness (QED) is 0.511. The van der Waals surface area contributed by atoms with Gasteiger partial charge in [0.2, 0.25) is 0 Å². The molecule has 0 bridgehead atoms. The summed E-state index contributed by atoms with van der Waals surface area (Å²) in [7, 11) is -2.89. The van der Waals surface area contributed by atoms with E-state index in [-0.39, 0.29) is 0 Å². The monoisotopic (exact) mass is 201 g/mol. The lowest BCUT2D eigenvalue weighted by molar-refractivity contribution is 0.0998. The summed E-state index contributed by atoms with van der Waals surface area (Å²) in [4.78, 5) is 0. The van der Waals surface area contributed by atoms with Crippen LogP contribution in [0, 0.1) is 0 Å². The van der Waals surface area contributed by atoms with Gasteiger partial charge in [0.05, 0.1) is 12.7 Å². The van der Waals surface area contributed by atoms with Gasteiger partial charge >= 0.3 is 10.4 Å². The van der Waals surface area contributed by atoms with Gasteiger partial charge in [-0.15, -0.1) is 0 Å². The molecule has 6 nitrogen and oxygen atoms in total. The predicted octanol–water partition coefficient (Wildman–Crippen LogP) is -0.848. The van der Waals surface area contributed by atoms with E-state index in [0.717, 1.165) is 0 Å². The molecule has 12 heavy (non-hydrogen) atoms. The van der Waals surface area contributed by atoms with E-state index in [2.05, 4.69) is 9.92 Å². The normalized spacial score (nSPS) is 13.1. The lowest BCUT2D eigenvalue weighted by atomic mass is 10.3. The van der Waals surface area contributed by atoms with Crippen molar-refractivity contribution in [1.82, 2.24) is 0 Å². The van der Waals surface area contributed by atoms with E-state index in [1.807, 2.05) is 0 Å². The van der Waals surface area contributed by atoms with Crippen LogP contribution in [-0.4, -0.2) is 37.8 Å². The molecule has 0 aliphatic carbocycles. The molecule has 0 aromatic heterocycles. The average Bonchev–Trinajstić information content (AvgIpc) is 2.03. The molecule has 0 rings (SSSR count). The Balaban J connectivity index is 0. The number of aliphatic hydroxyl groups is 1. The van der Waals surface area contributed by atoms with Gasteiger partial charge in [0.25, 0.3) is 0 Å². The SMILES string of the molecule is CCC(O)COS(=O)(=O)O.CN. The number of aliphatic hydroxyl groups excluding tert-OH is 1. The largest absolute Gasteiger partial charge is 0.397 e. The van der Waals surface area contributed by atoms with Gasteiger partial charge in [-0.05, 0) is 13.5 Å². The minimum absolute atomic E-state index is 0.384. The first-order valence-corrected chi connectivity index (χ1v) is 4.70. The molecule has 0 aromatic rings. The summed E-state index contributed by atoms with van der Waals surface area (Å²) >= 11 is 0. The first-order valence-electron chi connectivity index (χ1n) is 3.33. The summed E-state index contributed by atoms with van der Waals surface area (Å²) < 4.78 is 31.6. The van der Waals surface area contributed by atoms with Gasteiger partial charge in [-0.2, -0.15) is 8.42 Å². The van der Waals surface area contributed by atoms with Gasteiger partial charge in [0.15, 0.2) is 0 Å². The third-order valence-corrected chi connectivity index (χ3v) is 1.31. The van der Waals surface area contributed by atoms with Gasteiger partial charge in [-0.25, -0.2) is 4.18 Å². The third kappa shape index (κ3) is 12.5. The smallest absolute Gasteiger partial charge is 0.391 e. The van der Waals surface area contributed by atoms with Crippen LogP contribution < -0.4 is 5.73 Å². The van der Waals surface area contributed by atoms with Crippen molar-refractivity contribution < 1.29 is 22.3 Å². The number of hydrogen-bond acceptors (Lipinski definition) is 5. The van der Waals surface area contributed by atoms with Gasteiger partial charge in [-0.1, -0.05) is 6.92 Å². The molecule has 0 aliphatic rings. The Hall–Kier alpha value is -0.210. The molecule has 0 radical (unpaired) electrons. The zero-order valence-corrected chi connectivity index (χ0v) is 7.91. The lowest BCUT2D eigenvalue weighted by Crippen LogP contribution is -2.17. The zero-order chi connectivity index (χ0) is 10.2. The second kappa shape index (κ2) is 7.44. The van der Waals surface area contributed by atoms with Crippen molar-refractivity contribution >= 4 is 10.4 Å². The van der Waals surface area contributed by atoms with E-state index in [1.54, 1.807) is 6.92 Å². The fourth-order valence-electron chi connectivity index (χ4n) is 0.282. The molecule has 0 spiro atoms. The molecule has 1 unspecified atom stereocenters. The van der Waals surface area contributed by atoms with Gasteiger partial charge < -0.3 is 10.8 Å². The highest BCUT2D eigenvalue weighted by Gasteiger charge is 2.07. The number of hydrogen-bond donors (Lipinski definition) is 3. The second-order valence-electron chi connectivity index (χ2n) is 1.77. The topological polar surface area (TPSA) is 110 Å². The predicted molar refractivity (Wildman–Crippen MR) is 43.9 cm³/mol. The van der Waals surface area contributed by atoms with E-state index in [1.165, 1.54) is 7.05 Å². The van der Waals surface area contributed by atoms with Gasteiger partial charge in [0, 0.05) is 0 Å². The van der Waals surface area contributed by atoms with Gasteiger partial charge in [0.1, 0.15) is 0 Å². The lowest BCUT2D eigenvalue weighted by Gasteiger charge is -2.04. The highest BCUT2D eigenvalue weighted by atomic mass is 32.3. The standard InChI is InChI=1S/C4H10O5S.CH5N/c1-2-4(5)3-9-10(6,7)8;1-2/h4-5H,2-3H2,1H3,(H,6,7,8);2H2,1H3. The maximum absolute atomic E-state index is 9.87. The van der Waals surface area contributed by atoms with Gasteiger partial charge in [-0.3, -0.25) is 4.55 Å². The van der Waals surface area contributed by atoms with Crippen LogP contribution in [-0.2, 0) is 14.6 Å². The van der Waals surface area contributed by atoms with Crippen molar-refractivity contribution in [1.29, 1.82) is 0 Å². The number of nitrogens with two attached hydrogens (primary N) is 1. The molecule has 0 saturated heterocycles. The summed E-state index contributed by atoms with van der Waals surface area (Å²) in [5, 5.41) is 8.72. The Morgan fingerprint density at radius 1 is 1.50 bits per heavy atom. The second-order valence-corrected chi connectivity index (χ2v) is 2.87. The van der Waals surface area contributed by atoms with Crippen LogP contribution >= 0.6 is 0 Å². The van der Waals surface area contributed by atoms with Crippen molar-refractivity contribution in [3.05, 3.63) is 0 Å². The minimum atomic E-state index is -4.39. The molecule has 0 amide bonds. The molecule has 1 atom stereocenters. The van der Waals surface area contributed by atoms with E-state index >= 15 is 0 Å². The van der Waals surface area contributed by atoms with E-state index in [4.69, 9.17) is 9.66 Å². The highest BCUT2D eigenvalue weighted by Crippen LogP contribution is 1.93. The fourth-order valence-corrected chi connectivity index (χ4v) is 0.611. The van der Waals surface area contributed by atoms with Crippen LogP contribution in [0.3, 0.4) is 0 Å². The Morgan fingerprint density at radius 2 is 1.92 bits per heavy atom. The Morgan fingerprint density at radius 3 is 2.17 bits per heavy atom. The molecule has 4 N–H and O–H groups in total. The van der Waals surface area contributed by atoms with Crippen molar-refractivity contribution in [3.8, 4) is 0 Å². The summed E-state index contributed by atoms with van der Waals surface area (Å²) in [5.74, 6) is 0. The van der Waals surface area contributed by atoms with E-state index in [9.17, 15) is 8.42 Å². The van der Waals surface area contributed by atoms with Crippen molar-refractivity contribution in [2.24, 2.45) is 5.73 Å². The highest BCUT2D eigenvalue weighted by molar-refractivity contribution is 7.80. The first-order chi connectivity index (χ1) is 5.45. The minimum Gasteiger partial charge on any atom is -0.391 e. The molecular formula is C5H15NO5S. The summed E-state index contributed by atoms with van der Waals surface area (Å²) in [6.45, 7) is 1.27. The third-order valence-electron chi connectivity index (χ3n) is 0.881. The summed E-state index contributed by atoms with van der Waals surface area (Å²) in [6, 6.07) is 0. The Bertz CT molecular complexity index is 178. The fraction of sp³-hybridized carbons (Fsp3) is 1.00. The summed E-state index contributed by atoms with van der Waals surface area (Å²) in [5.41, 5.74) is 4.50. The first kappa shape index (κ1) is 14.3. The maximum Gasteiger partial charge on any atom is 0.397 e. The molecule has 76 valence electrons. The van der Waals surface area contributed by atoms with Crippen LogP contribution in [0.15, 0.2) is 0 Å². The van der Waals surface area contributed by atoms with Crippen LogP contribution in [0.4, 0.5) is 0 Å². The van der Waals surface area contributed by atoms with Crippen molar-refractivity contribution in [2.75, 3.05) is 13.7 Å². The molecule has 0 saturated carbocycles. The van der Waals surface area contributed by atoms with E-state index in [0.29, 0.717) is 6.42 Å². The maximum atomic E-state index is 9.87. The number of rotatable bonds is 4. The Kier molecular flexibility index (Phi) is 8.88. The molecule has 0 aromatic carbocycles. The molecule has 7 heteroatoms. The molecule has 0 heterocycles. The van der Waals surface area contributed by atoms with Crippen LogP contribution in [0.25, 0.3) is 0 Å². The molecular weight excluding hydrogens is 186 g/mol. The summed E-state index contributed by atoms with van der Waals surface area (Å²) in [6.07, 6.45) is -0.461. The van der Waals surface area contributed by atoms with Crippen LogP contribution in [0.2, 0.25) is 0 Å². The van der Waals surface area contributed by atoms with Crippen LogP contribution in [0.5, 0.6) is 0 Å². The Labute approximate surface area is 72.3 Å². The average molecular weight is 201 g/mol.